The highest BCUT2D eigenvalue weighted by molar-refractivity contribution is 5.61. The summed E-state index contributed by atoms with van der Waals surface area (Å²) in [6.07, 6.45) is 6.50. The van der Waals surface area contributed by atoms with Crippen LogP contribution in [-0.4, -0.2) is 29.7 Å². The van der Waals surface area contributed by atoms with Crippen LogP contribution in [0.15, 0.2) is 54.9 Å². The third-order valence-electron chi connectivity index (χ3n) is 5.07. The molecule has 1 N–H and O–H groups in total. The average Bonchev–Trinajstić information content (AvgIpc) is 3.35. The molecule has 4 aromatic rings. The molecule has 3 aromatic heterocycles. The van der Waals surface area contributed by atoms with Crippen molar-refractivity contribution >= 4 is 11.5 Å². The highest BCUT2D eigenvalue weighted by atomic mass is 15.3. The van der Waals surface area contributed by atoms with Crippen LogP contribution in [0, 0.1) is 6.92 Å². The molecule has 5 rings (SSSR count). The molecule has 0 amide bonds. The third-order valence-corrected chi connectivity index (χ3v) is 5.07. The normalized spacial score (nSPS) is 12.7. The number of anilines is 2. The number of benzene rings is 1. The van der Waals surface area contributed by atoms with Gasteiger partial charge in [-0.15, -0.1) is 10.2 Å². The number of pyridine rings is 1. The summed E-state index contributed by atoms with van der Waals surface area (Å²) in [7, 11) is 0. The van der Waals surface area contributed by atoms with Gasteiger partial charge in [-0.2, -0.15) is 0 Å². The van der Waals surface area contributed by atoms with Crippen molar-refractivity contribution in [1.29, 1.82) is 0 Å². The van der Waals surface area contributed by atoms with Crippen molar-refractivity contribution in [1.82, 2.24) is 29.7 Å². The van der Waals surface area contributed by atoms with E-state index in [9.17, 15) is 0 Å². The van der Waals surface area contributed by atoms with E-state index in [1.165, 1.54) is 12.0 Å². The molecule has 0 bridgehead atoms. The Kier molecular flexibility index (Phi) is 4.48. The Bertz CT molecular complexity index is 1130. The molecular formula is C22H21N7. The van der Waals surface area contributed by atoms with E-state index < -0.39 is 0 Å². The Morgan fingerprint density at radius 3 is 2.66 bits per heavy atom. The predicted molar refractivity (Wildman–Crippen MR) is 111 cm³/mol. The fraction of sp³-hybridized carbons (Fsp3) is 0.227. The Balaban J connectivity index is 1.33. The van der Waals surface area contributed by atoms with Crippen molar-refractivity contribution in [3.8, 4) is 11.4 Å². The standard InChI is InChI=1S/C22H21N7/c1-15-13-19(26-22(24-15)17-8-10-23-11-9-17)25-18-6-4-16(5-7-18)14-21-28-27-20-3-2-12-29(20)21/h4-11,13H,2-3,12,14H2,1H3,(H,24,25,26). The van der Waals surface area contributed by atoms with E-state index in [1.807, 2.05) is 25.1 Å². The number of nitrogens with one attached hydrogen (secondary N) is 1. The monoisotopic (exact) mass is 383 g/mol. The zero-order chi connectivity index (χ0) is 19.6. The van der Waals surface area contributed by atoms with E-state index in [0.717, 1.165) is 53.8 Å². The molecule has 7 heteroatoms. The number of hydrogen-bond acceptors (Lipinski definition) is 6. The summed E-state index contributed by atoms with van der Waals surface area (Å²) >= 11 is 0. The minimum Gasteiger partial charge on any atom is -0.340 e. The Hall–Kier alpha value is -3.61. The molecule has 0 spiro atoms. The van der Waals surface area contributed by atoms with E-state index in [4.69, 9.17) is 0 Å². The lowest BCUT2D eigenvalue weighted by atomic mass is 10.1. The van der Waals surface area contributed by atoms with E-state index >= 15 is 0 Å². The first-order valence-corrected chi connectivity index (χ1v) is 9.77. The van der Waals surface area contributed by atoms with Crippen LogP contribution in [0.1, 0.15) is 29.3 Å². The quantitative estimate of drug-likeness (QED) is 0.566. The maximum absolute atomic E-state index is 4.65. The average molecular weight is 383 g/mol. The summed E-state index contributed by atoms with van der Waals surface area (Å²) in [5.74, 6) is 3.62. The first-order valence-electron chi connectivity index (χ1n) is 9.77. The van der Waals surface area contributed by atoms with Gasteiger partial charge in [-0.3, -0.25) is 4.98 Å². The first-order chi connectivity index (χ1) is 14.2. The summed E-state index contributed by atoms with van der Waals surface area (Å²) in [5.41, 5.74) is 4.06. The van der Waals surface area contributed by atoms with Gasteiger partial charge in [0.05, 0.1) is 0 Å². The van der Waals surface area contributed by atoms with Gasteiger partial charge in [-0.25, -0.2) is 9.97 Å². The zero-order valence-corrected chi connectivity index (χ0v) is 16.2. The number of hydrogen-bond donors (Lipinski definition) is 1. The second kappa shape index (κ2) is 7.43. The lowest BCUT2D eigenvalue weighted by Crippen LogP contribution is -2.02. The van der Waals surface area contributed by atoms with Crippen LogP contribution in [0.4, 0.5) is 11.5 Å². The Morgan fingerprint density at radius 1 is 1.00 bits per heavy atom. The third kappa shape index (κ3) is 3.71. The summed E-state index contributed by atoms with van der Waals surface area (Å²) in [6, 6.07) is 14.1. The highest BCUT2D eigenvalue weighted by Crippen LogP contribution is 2.22. The van der Waals surface area contributed by atoms with Gasteiger partial charge < -0.3 is 9.88 Å². The van der Waals surface area contributed by atoms with Crippen LogP contribution in [0.25, 0.3) is 11.4 Å². The second-order valence-corrected chi connectivity index (χ2v) is 7.24. The minimum absolute atomic E-state index is 0.687. The molecule has 0 unspecified atom stereocenters. The molecule has 1 aliphatic rings. The van der Waals surface area contributed by atoms with Crippen LogP contribution in [0.3, 0.4) is 0 Å². The van der Waals surface area contributed by atoms with Crippen molar-refractivity contribution < 1.29 is 0 Å². The van der Waals surface area contributed by atoms with Gasteiger partial charge in [0.2, 0.25) is 0 Å². The second-order valence-electron chi connectivity index (χ2n) is 7.24. The van der Waals surface area contributed by atoms with Crippen LogP contribution < -0.4 is 5.32 Å². The van der Waals surface area contributed by atoms with Crippen LogP contribution in [0.5, 0.6) is 0 Å². The molecule has 4 heterocycles. The lowest BCUT2D eigenvalue weighted by molar-refractivity contribution is 0.700. The lowest BCUT2D eigenvalue weighted by Gasteiger charge is -2.10. The highest BCUT2D eigenvalue weighted by Gasteiger charge is 2.17. The largest absolute Gasteiger partial charge is 0.340 e. The molecule has 0 aliphatic carbocycles. The van der Waals surface area contributed by atoms with Gasteiger partial charge >= 0.3 is 0 Å². The van der Waals surface area contributed by atoms with Crippen molar-refractivity contribution in [2.24, 2.45) is 0 Å². The van der Waals surface area contributed by atoms with Gasteiger partial charge in [0, 0.05) is 54.8 Å². The molecule has 0 saturated carbocycles. The molecule has 7 nitrogen and oxygen atoms in total. The Morgan fingerprint density at radius 2 is 1.83 bits per heavy atom. The zero-order valence-electron chi connectivity index (χ0n) is 16.2. The smallest absolute Gasteiger partial charge is 0.161 e. The van der Waals surface area contributed by atoms with Crippen molar-refractivity contribution in [2.75, 3.05) is 5.32 Å². The van der Waals surface area contributed by atoms with E-state index in [-0.39, 0.29) is 0 Å². The molecule has 1 aromatic carbocycles. The molecule has 1 aliphatic heterocycles. The fourth-order valence-electron chi connectivity index (χ4n) is 3.64. The van der Waals surface area contributed by atoms with Gasteiger partial charge in [0.25, 0.3) is 0 Å². The minimum atomic E-state index is 0.687. The van der Waals surface area contributed by atoms with Crippen molar-refractivity contribution in [3.63, 3.8) is 0 Å². The van der Waals surface area contributed by atoms with Gasteiger partial charge in [0.1, 0.15) is 17.5 Å². The van der Waals surface area contributed by atoms with Gasteiger partial charge in [0.15, 0.2) is 5.82 Å². The topological polar surface area (TPSA) is 81.4 Å². The maximum Gasteiger partial charge on any atom is 0.161 e. The fourth-order valence-corrected chi connectivity index (χ4v) is 3.64. The number of nitrogens with zero attached hydrogens (tertiary/aromatic N) is 6. The molecule has 0 fully saturated rings. The molecule has 144 valence electrons. The molecule has 29 heavy (non-hydrogen) atoms. The van der Waals surface area contributed by atoms with E-state index in [2.05, 4.69) is 59.3 Å². The molecule has 0 radical (unpaired) electrons. The first kappa shape index (κ1) is 17.5. The Labute approximate surface area is 168 Å². The van der Waals surface area contributed by atoms with Crippen LogP contribution in [0.2, 0.25) is 0 Å². The summed E-state index contributed by atoms with van der Waals surface area (Å²) in [6.45, 7) is 3.00. The molecule has 0 atom stereocenters. The maximum atomic E-state index is 4.65. The molecular weight excluding hydrogens is 362 g/mol. The number of aromatic nitrogens is 6. The summed E-state index contributed by atoms with van der Waals surface area (Å²) < 4.78 is 2.25. The summed E-state index contributed by atoms with van der Waals surface area (Å²) in [4.78, 5) is 13.2. The van der Waals surface area contributed by atoms with Crippen molar-refractivity contribution in [3.05, 3.63) is 77.8 Å². The SMILES string of the molecule is Cc1cc(Nc2ccc(Cc3nnc4n3CCC4)cc2)nc(-c2ccncc2)n1. The van der Waals surface area contributed by atoms with E-state index in [1.54, 1.807) is 12.4 Å². The van der Waals surface area contributed by atoms with Crippen LogP contribution >= 0.6 is 0 Å². The van der Waals surface area contributed by atoms with E-state index in [0.29, 0.717) is 5.82 Å². The molecule has 0 saturated heterocycles. The van der Waals surface area contributed by atoms with Crippen molar-refractivity contribution in [2.45, 2.75) is 32.7 Å². The van der Waals surface area contributed by atoms with Gasteiger partial charge in [-0.1, -0.05) is 12.1 Å². The van der Waals surface area contributed by atoms with Gasteiger partial charge in [-0.05, 0) is 43.2 Å². The summed E-state index contributed by atoms with van der Waals surface area (Å²) in [5, 5.41) is 12.0. The number of fused-ring (bicyclic) bond motifs is 1. The number of aryl methyl sites for hydroxylation is 2. The predicted octanol–water partition coefficient (Wildman–Crippen LogP) is 3.72. The number of rotatable bonds is 5. The van der Waals surface area contributed by atoms with Crippen LogP contribution in [-0.2, 0) is 19.4 Å².